The summed E-state index contributed by atoms with van der Waals surface area (Å²) in [5.74, 6) is 0.733. The second kappa shape index (κ2) is 6.41. The van der Waals surface area contributed by atoms with Gasteiger partial charge in [-0.2, -0.15) is 8.42 Å². The highest BCUT2D eigenvalue weighted by Crippen LogP contribution is 2.18. The van der Waals surface area contributed by atoms with Crippen molar-refractivity contribution in [2.24, 2.45) is 3.77 Å². The summed E-state index contributed by atoms with van der Waals surface area (Å²) >= 11 is 0. The van der Waals surface area contributed by atoms with Gasteiger partial charge in [0.25, 0.3) is 10.0 Å². The molecular weight excluding hydrogens is 306 g/mol. The van der Waals surface area contributed by atoms with Crippen molar-refractivity contribution in [2.45, 2.75) is 16.7 Å². The highest BCUT2D eigenvalue weighted by atomic mass is 32.3. The van der Waals surface area contributed by atoms with Crippen molar-refractivity contribution >= 4 is 20.7 Å². The van der Waals surface area contributed by atoms with Gasteiger partial charge in [0.2, 0.25) is 0 Å². The second-order valence-corrected chi connectivity index (χ2v) is 7.96. The molecule has 0 aliphatic carbocycles. The lowest BCUT2D eigenvalue weighted by Crippen LogP contribution is -2.00. The highest BCUT2D eigenvalue weighted by Gasteiger charge is 2.13. The van der Waals surface area contributed by atoms with E-state index in [2.05, 4.69) is 3.77 Å². The fourth-order valence-corrected chi connectivity index (χ4v) is 4.59. The van der Waals surface area contributed by atoms with E-state index < -0.39 is 20.7 Å². The predicted octanol–water partition coefficient (Wildman–Crippen LogP) is 3.18. The Morgan fingerprint density at radius 1 is 1.00 bits per heavy atom. The maximum Gasteiger partial charge on any atom is 0.288 e. The second-order valence-electron chi connectivity index (χ2n) is 4.52. The van der Waals surface area contributed by atoms with Crippen LogP contribution in [0.5, 0.6) is 5.75 Å². The van der Waals surface area contributed by atoms with Gasteiger partial charge < -0.3 is 4.74 Å². The van der Waals surface area contributed by atoms with Crippen molar-refractivity contribution in [3.8, 4) is 5.75 Å². The predicted molar refractivity (Wildman–Crippen MR) is 85.3 cm³/mol. The van der Waals surface area contributed by atoms with Crippen molar-refractivity contribution in [1.29, 1.82) is 0 Å². The van der Waals surface area contributed by atoms with Crippen LogP contribution in [0.4, 0.5) is 0 Å². The van der Waals surface area contributed by atoms with E-state index in [0.717, 1.165) is 16.2 Å². The van der Waals surface area contributed by atoms with Gasteiger partial charge in [0, 0.05) is 4.90 Å². The van der Waals surface area contributed by atoms with Crippen LogP contribution in [0.2, 0.25) is 0 Å². The van der Waals surface area contributed by atoms with E-state index in [4.69, 9.17) is 4.74 Å². The summed E-state index contributed by atoms with van der Waals surface area (Å²) in [4.78, 5) is 1.08. The summed E-state index contributed by atoms with van der Waals surface area (Å²) in [5.41, 5.74) is 1.01. The first kappa shape index (κ1) is 15.7. The Morgan fingerprint density at radius 3 is 2.10 bits per heavy atom. The average Bonchev–Trinajstić information content (AvgIpc) is 2.47. The van der Waals surface area contributed by atoms with Gasteiger partial charge in [-0.25, -0.2) is 0 Å². The molecule has 21 heavy (non-hydrogen) atoms. The van der Waals surface area contributed by atoms with Gasteiger partial charge in [-0.05, 0) is 49.6 Å². The number of ether oxygens (including phenoxy) is 1. The summed E-state index contributed by atoms with van der Waals surface area (Å²) in [7, 11) is -2.78. The Labute approximate surface area is 127 Å². The smallest absolute Gasteiger partial charge is 0.288 e. The zero-order valence-electron chi connectivity index (χ0n) is 12.1. The lowest BCUT2D eigenvalue weighted by atomic mass is 10.2. The molecule has 2 aromatic carbocycles. The van der Waals surface area contributed by atoms with E-state index in [1.165, 1.54) is 0 Å². The van der Waals surface area contributed by atoms with Gasteiger partial charge in [0.1, 0.15) is 5.75 Å². The molecule has 0 fully saturated rings. The molecule has 0 bridgehead atoms. The Hall–Kier alpha value is -1.66. The number of benzene rings is 2. The van der Waals surface area contributed by atoms with Gasteiger partial charge in [-0.3, -0.25) is 0 Å². The number of rotatable bonds is 4. The van der Waals surface area contributed by atoms with Crippen molar-refractivity contribution < 1.29 is 13.2 Å². The van der Waals surface area contributed by atoms with Gasteiger partial charge >= 0.3 is 0 Å². The quantitative estimate of drug-likeness (QED) is 0.868. The summed E-state index contributed by atoms with van der Waals surface area (Å²) in [6.07, 6.45) is 1.79. The zero-order valence-corrected chi connectivity index (χ0v) is 13.7. The van der Waals surface area contributed by atoms with Gasteiger partial charge in [-0.15, -0.1) is 3.77 Å². The third-order valence-corrected chi connectivity index (χ3v) is 6.43. The minimum atomic E-state index is -3.63. The molecule has 0 N–H and O–H groups in total. The largest absolute Gasteiger partial charge is 0.497 e. The molecule has 0 spiro atoms. The van der Waals surface area contributed by atoms with Crippen LogP contribution in [-0.4, -0.2) is 21.8 Å². The molecule has 0 radical (unpaired) electrons. The number of methoxy groups -OCH3 is 1. The molecule has 1 unspecified atom stereocenters. The van der Waals surface area contributed by atoms with Crippen molar-refractivity contribution in [3.63, 3.8) is 0 Å². The molecule has 0 heterocycles. The van der Waals surface area contributed by atoms with E-state index in [-0.39, 0.29) is 4.90 Å². The van der Waals surface area contributed by atoms with Crippen LogP contribution in [0.3, 0.4) is 0 Å². The summed E-state index contributed by atoms with van der Waals surface area (Å²) in [6.45, 7) is 1.91. The van der Waals surface area contributed by atoms with Gasteiger partial charge in [0.05, 0.1) is 12.0 Å². The molecule has 0 amide bonds. The average molecular weight is 323 g/mol. The van der Waals surface area contributed by atoms with Crippen LogP contribution >= 0.6 is 0 Å². The Bertz CT molecular complexity index is 749. The summed E-state index contributed by atoms with van der Waals surface area (Å²) in [6, 6.07) is 14.0. The molecule has 0 aliphatic rings. The van der Waals surface area contributed by atoms with Crippen molar-refractivity contribution in [3.05, 3.63) is 54.1 Å². The van der Waals surface area contributed by atoms with Crippen LogP contribution in [0, 0.1) is 6.92 Å². The van der Waals surface area contributed by atoms with Crippen LogP contribution in [0.1, 0.15) is 5.56 Å². The maximum atomic E-state index is 12.3. The Kier molecular flexibility index (Phi) is 4.80. The molecular formula is C15H17NO3S2. The van der Waals surface area contributed by atoms with Crippen molar-refractivity contribution in [1.82, 2.24) is 0 Å². The van der Waals surface area contributed by atoms with Crippen LogP contribution < -0.4 is 4.74 Å². The highest BCUT2D eigenvalue weighted by molar-refractivity contribution is 7.99. The van der Waals surface area contributed by atoms with Crippen LogP contribution in [0.25, 0.3) is 0 Å². The molecule has 2 rings (SSSR count). The number of hydrogen-bond donors (Lipinski definition) is 0. The topological polar surface area (TPSA) is 55.7 Å². The summed E-state index contributed by atoms with van der Waals surface area (Å²) < 4.78 is 33.6. The molecule has 112 valence electrons. The molecule has 0 aliphatic heterocycles. The first-order valence-electron chi connectivity index (χ1n) is 6.27. The summed E-state index contributed by atoms with van der Waals surface area (Å²) in [5, 5.41) is 0. The molecule has 1 atom stereocenters. The number of sulfonamides is 1. The SMILES string of the molecule is COc1ccc(/S(C)=N/S(=O)(=O)c2ccc(C)cc2)cc1. The zero-order chi connectivity index (χ0) is 15.5. The lowest BCUT2D eigenvalue weighted by Gasteiger charge is -2.05. The van der Waals surface area contributed by atoms with E-state index in [1.54, 1.807) is 49.8 Å². The molecule has 0 saturated carbocycles. The third kappa shape index (κ3) is 3.92. The van der Waals surface area contributed by atoms with Crippen LogP contribution in [0.15, 0.2) is 62.1 Å². The minimum absolute atomic E-state index is 0.223. The fraction of sp³-hybridized carbons (Fsp3) is 0.200. The van der Waals surface area contributed by atoms with Crippen LogP contribution in [-0.2, 0) is 20.7 Å². The lowest BCUT2D eigenvalue weighted by molar-refractivity contribution is 0.414. The molecule has 2 aromatic rings. The Morgan fingerprint density at radius 2 is 1.57 bits per heavy atom. The fourth-order valence-electron chi connectivity index (χ4n) is 1.72. The first-order chi connectivity index (χ1) is 9.92. The maximum absolute atomic E-state index is 12.3. The van der Waals surface area contributed by atoms with E-state index in [1.807, 2.05) is 19.1 Å². The standard InChI is InChI=1S/C15H17NO3S2/c1-12-4-10-15(11-5-12)21(17,18)16-20(3)14-8-6-13(19-2)7-9-14/h4-11H,1-3H3. The van der Waals surface area contributed by atoms with E-state index >= 15 is 0 Å². The number of nitrogens with zero attached hydrogens (tertiary/aromatic N) is 1. The number of aryl methyl sites for hydroxylation is 1. The van der Waals surface area contributed by atoms with Gasteiger partial charge in [0.15, 0.2) is 0 Å². The molecule has 4 nitrogen and oxygen atoms in total. The van der Waals surface area contributed by atoms with Gasteiger partial charge in [-0.1, -0.05) is 28.4 Å². The first-order valence-corrected chi connectivity index (χ1v) is 9.30. The number of hydrogen-bond acceptors (Lipinski definition) is 3. The Balaban J connectivity index is 2.33. The monoisotopic (exact) mass is 323 g/mol. The van der Waals surface area contributed by atoms with Crippen molar-refractivity contribution in [2.75, 3.05) is 13.4 Å². The van der Waals surface area contributed by atoms with E-state index in [9.17, 15) is 8.42 Å². The molecule has 6 heteroatoms. The normalized spacial score (nSPS) is 13.1. The molecule has 0 aromatic heterocycles. The van der Waals surface area contributed by atoms with E-state index in [0.29, 0.717) is 0 Å². The third-order valence-electron chi connectivity index (χ3n) is 2.93. The minimum Gasteiger partial charge on any atom is -0.497 e. The molecule has 0 saturated heterocycles.